The second kappa shape index (κ2) is 11.0. The number of rotatable bonds is 6. The Bertz CT molecular complexity index is 703. The van der Waals surface area contributed by atoms with E-state index in [1.165, 1.54) is 34.7 Å². The third-order valence-corrected chi connectivity index (χ3v) is 4.26. The lowest BCUT2D eigenvalue weighted by Crippen LogP contribution is -2.37. The van der Waals surface area contributed by atoms with Crippen molar-refractivity contribution in [1.29, 1.82) is 0 Å². The number of carbonyl (C=O) groups is 1. The Balaban J connectivity index is 0.00000312. The Kier molecular flexibility index (Phi) is 9.43. The number of thiophene rings is 1. The highest BCUT2D eigenvalue weighted by Crippen LogP contribution is 2.14. The van der Waals surface area contributed by atoms with E-state index in [9.17, 15) is 9.18 Å². The minimum absolute atomic E-state index is 0. The smallest absolute Gasteiger partial charge is 0.246 e. The fraction of sp³-hybridized carbons (Fsp3) is 0.294. The number of carbonyl (C=O) groups excluding carboxylic acids is 1. The van der Waals surface area contributed by atoms with Crippen LogP contribution in [0, 0.1) is 12.7 Å². The van der Waals surface area contributed by atoms with Crippen LogP contribution < -0.4 is 16.0 Å². The van der Waals surface area contributed by atoms with Gasteiger partial charge in [0.25, 0.3) is 0 Å². The summed E-state index contributed by atoms with van der Waals surface area (Å²) in [7, 11) is 0. The van der Waals surface area contributed by atoms with Gasteiger partial charge in [0, 0.05) is 17.1 Å². The molecule has 3 N–H and O–H groups in total. The third-order valence-electron chi connectivity index (χ3n) is 3.24. The molecule has 0 unspecified atom stereocenters. The van der Waals surface area contributed by atoms with E-state index in [4.69, 9.17) is 0 Å². The largest absolute Gasteiger partial charge is 0.357 e. The summed E-state index contributed by atoms with van der Waals surface area (Å²) in [6.45, 7) is 5.37. The van der Waals surface area contributed by atoms with Crippen LogP contribution in [-0.2, 0) is 11.3 Å². The SMILES string of the molecule is CCNC(=NCC(=O)Nc1ccc(F)cc1)NCc1sccc1C.I. The number of halogens is 2. The lowest BCUT2D eigenvalue weighted by molar-refractivity contribution is -0.114. The Morgan fingerprint density at radius 3 is 2.52 bits per heavy atom. The second-order valence-electron chi connectivity index (χ2n) is 5.13. The third kappa shape index (κ3) is 7.39. The van der Waals surface area contributed by atoms with E-state index in [1.54, 1.807) is 11.3 Å². The highest BCUT2D eigenvalue weighted by molar-refractivity contribution is 14.0. The Labute approximate surface area is 168 Å². The summed E-state index contributed by atoms with van der Waals surface area (Å²) < 4.78 is 12.8. The first-order valence-electron chi connectivity index (χ1n) is 7.69. The summed E-state index contributed by atoms with van der Waals surface area (Å²) in [5.41, 5.74) is 1.78. The molecule has 1 heterocycles. The minimum Gasteiger partial charge on any atom is -0.357 e. The van der Waals surface area contributed by atoms with Crippen molar-refractivity contribution in [2.24, 2.45) is 4.99 Å². The van der Waals surface area contributed by atoms with Gasteiger partial charge in [0.1, 0.15) is 12.4 Å². The van der Waals surface area contributed by atoms with Crippen molar-refractivity contribution in [3.63, 3.8) is 0 Å². The maximum absolute atomic E-state index is 12.8. The number of anilines is 1. The first-order chi connectivity index (χ1) is 11.6. The van der Waals surface area contributed by atoms with Crippen molar-refractivity contribution in [1.82, 2.24) is 10.6 Å². The number of amides is 1. The predicted octanol–water partition coefficient (Wildman–Crippen LogP) is 3.51. The van der Waals surface area contributed by atoms with Crippen molar-refractivity contribution in [3.8, 4) is 0 Å². The number of nitrogens with one attached hydrogen (secondary N) is 3. The number of benzene rings is 1. The van der Waals surface area contributed by atoms with Crippen molar-refractivity contribution in [2.75, 3.05) is 18.4 Å². The zero-order valence-electron chi connectivity index (χ0n) is 14.1. The van der Waals surface area contributed by atoms with Gasteiger partial charge in [0.2, 0.25) is 5.91 Å². The number of aryl methyl sites for hydroxylation is 1. The summed E-state index contributed by atoms with van der Waals surface area (Å²) in [4.78, 5) is 17.4. The van der Waals surface area contributed by atoms with Gasteiger partial charge >= 0.3 is 0 Å². The molecular formula is C17H22FIN4OS. The van der Waals surface area contributed by atoms with Crippen LogP contribution in [0.5, 0.6) is 0 Å². The molecule has 0 radical (unpaired) electrons. The number of aliphatic imine (C=N–C) groups is 1. The van der Waals surface area contributed by atoms with Crippen LogP contribution in [0.25, 0.3) is 0 Å². The minimum atomic E-state index is -0.339. The van der Waals surface area contributed by atoms with Gasteiger partial charge in [-0.15, -0.1) is 35.3 Å². The molecule has 0 saturated heterocycles. The summed E-state index contributed by atoms with van der Waals surface area (Å²) in [5, 5.41) is 11.0. The molecule has 0 saturated carbocycles. The number of guanidine groups is 1. The second-order valence-corrected chi connectivity index (χ2v) is 6.13. The molecule has 136 valence electrons. The van der Waals surface area contributed by atoms with Crippen molar-refractivity contribution in [2.45, 2.75) is 20.4 Å². The van der Waals surface area contributed by atoms with Crippen molar-refractivity contribution < 1.29 is 9.18 Å². The lowest BCUT2D eigenvalue weighted by atomic mass is 10.3. The van der Waals surface area contributed by atoms with Crippen LogP contribution in [0.1, 0.15) is 17.4 Å². The van der Waals surface area contributed by atoms with Crippen molar-refractivity contribution in [3.05, 3.63) is 52.0 Å². The molecule has 0 bridgehead atoms. The van der Waals surface area contributed by atoms with Crippen LogP contribution in [0.4, 0.5) is 10.1 Å². The van der Waals surface area contributed by atoms with Crippen LogP contribution in [0.15, 0.2) is 40.7 Å². The summed E-state index contributed by atoms with van der Waals surface area (Å²) >= 11 is 1.68. The van der Waals surface area contributed by atoms with E-state index in [-0.39, 0.29) is 42.2 Å². The zero-order valence-corrected chi connectivity index (χ0v) is 17.3. The molecule has 0 aliphatic heterocycles. The lowest BCUT2D eigenvalue weighted by Gasteiger charge is -2.11. The normalized spacial score (nSPS) is 10.8. The monoisotopic (exact) mass is 476 g/mol. The molecule has 0 atom stereocenters. The zero-order chi connectivity index (χ0) is 17.4. The number of nitrogens with zero attached hydrogens (tertiary/aromatic N) is 1. The predicted molar refractivity (Wildman–Crippen MR) is 112 cm³/mol. The van der Waals surface area contributed by atoms with Crippen LogP contribution >= 0.6 is 35.3 Å². The Morgan fingerprint density at radius 1 is 1.20 bits per heavy atom. The van der Waals surface area contributed by atoms with Crippen molar-refractivity contribution >= 4 is 52.9 Å². The maximum Gasteiger partial charge on any atom is 0.246 e. The van der Waals surface area contributed by atoms with E-state index in [0.717, 1.165) is 0 Å². The molecule has 25 heavy (non-hydrogen) atoms. The Morgan fingerprint density at radius 2 is 1.92 bits per heavy atom. The molecule has 0 aliphatic carbocycles. The molecular weight excluding hydrogens is 454 g/mol. The fourth-order valence-corrected chi connectivity index (χ4v) is 2.82. The molecule has 1 amide bonds. The summed E-state index contributed by atoms with van der Waals surface area (Å²) in [5.74, 6) is -0.0146. The van der Waals surface area contributed by atoms with E-state index in [0.29, 0.717) is 24.7 Å². The van der Waals surface area contributed by atoms with Gasteiger partial charge < -0.3 is 16.0 Å². The summed E-state index contributed by atoms with van der Waals surface area (Å²) in [6.07, 6.45) is 0. The standard InChI is InChI=1S/C17H21FN4OS.HI/c1-3-19-17(20-10-15-12(2)8-9-24-15)21-11-16(23)22-14-6-4-13(18)5-7-14;/h4-9H,3,10-11H2,1-2H3,(H,22,23)(H2,19,20,21);1H. The molecule has 1 aromatic heterocycles. The van der Waals surface area contributed by atoms with Gasteiger partial charge in [-0.25, -0.2) is 9.38 Å². The van der Waals surface area contributed by atoms with Crippen LogP contribution in [0.2, 0.25) is 0 Å². The quantitative estimate of drug-likeness (QED) is 0.340. The van der Waals surface area contributed by atoms with Gasteiger partial charge in [-0.2, -0.15) is 0 Å². The van der Waals surface area contributed by atoms with E-state index in [1.807, 2.05) is 12.3 Å². The molecule has 2 rings (SSSR count). The highest BCUT2D eigenvalue weighted by atomic mass is 127. The van der Waals surface area contributed by atoms with Gasteiger partial charge in [0.05, 0.1) is 6.54 Å². The topological polar surface area (TPSA) is 65.5 Å². The fourth-order valence-electron chi connectivity index (χ4n) is 1.98. The van der Waals surface area contributed by atoms with Gasteiger partial charge in [-0.3, -0.25) is 4.79 Å². The average molecular weight is 476 g/mol. The number of hydrogen-bond donors (Lipinski definition) is 3. The first-order valence-corrected chi connectivity index (χ1v) is 8.57. The van der Waals surface area contributed by atoms with Crippen LogP contribution in [0.3, 0.4) is 0 Å². The van der Waals surface area contributed by atoms with Gasteiger partial charge in [-0.1, -0.05) is 0 Å². The van der Waals surface area contributed by atoms with E-state index in [2.05, 4.69) is 33.9 Å². The molecule has 8 heteroatoms. The first kappa shape index (κ1) is 21.4. The highest BCUT2D eigenvalue weighted by Gasteiger charge is 2.05. The Hall–Kier alpha value is -1.68. The molecule has 0 fully saturated rings. The molecule has 5 nitrogen and oxygen atoms in total. The average Bonchev–Trinajstić information content (AvgIpc) is 2.97. The van der Waals surface area contributed by atoms with Gasteiger partial charge in [-0.05, 0) is 55.1 Å². The summed E-state index contributed by atoms with van der Waals surface area (Å²) in [6, 6.07) is 7.70. The van der Waals surface area contributed by atoms with E-state index < -0.39 is 0 Å². The maximum atomic E-state index is 12.8. The molecule has 0 aliphatic rings. The van der Waals surface area contributed by atoms with E-state index >= 15 is 0 Å². The molecule has 0 spiro atoms. The molecule has 1 aromatic carbocycles. The van der Waals surface area contributed by atoms with Gasteiger partial charge in [0.15, 0.2) is 5.96 Å². The number of hydrogen-bond acceptors (Lipinski definition) is 3. The van der Waals surface area contributed by atoms with Crippen LogP contribution in [-0.4, -0.2) is 25.0 Å². The molecule has 2 aromatic rings.